The standard InChI is InChI=1S/C19H30N2O3S/c1-2-3-4-5-6-7-8-9-10-11-12-13-17(22)21-19-20-16(15-25-19)14-18(23)24/h5-6,15H,2-4,7-14H2,1H3,(H,23,24)(H,20,21,22). The molecule has 0 fully saturated rings. The molecule has 0 radical (unpaired) electrons. The molecule has 0 atom stereocenters. The normalized spacial score (nSPS) is 11.1. The summed E-state index contributed by atoms with van der Waals surface area (Å²) in [4.78, 5) is 26.5. The van der Waals surface area contributed by atoms with E-state index < -0.39 is 5.97 Å². The SMILES string of the molecule is CCCCC=CCCCCCCCC(=O)Nc1nc(CC(=O)O)cs1. The Morgan fingerprint density at radius 3 is 2.52 bits per heavy atom. The maximum absolute atomic E-state index is 11.8. The number of unbranched alkanes of at least 4 members (excludes halogenated alkanes) is 7. The second-order valence-corrected chi connectivity index (χ2v) is 7.04. The number of rotatable bonds is 14. The van der Waals surface area contributed by atoms with Crippen LogP contribution in [0.15, 0.2) is 17.5 Å². The Hall–Kier alpha value is -1.69. The smallest absolute Gasteiger partial charge is 0.309 e. The molecule has 0 bridgehead atoms. The van der Waals surface area contributed by atoms with Gasteiger partial charge in [0, 0.05) is 11.8 Å². The van der Waals surface area contributed by atoms with Gasteiger partial charge in [-0.25, -0.2) is 4.98 Å². The van der Waals surface area contributed by atoms with E-state index in [2.05, 4.69) is 29.4 Å². The molecule has 0 aliphatic rings. The third-order valence-electron chi connectivity index (χ3n) is 3.80. The summed E-state index contributed by atoms with van der Waals surface area (Å²) in [5.74, 6) is -0.963. The van der Waals surface area contributed by atoms with Crippen molar-refractivity contribution in [3.05, 3.63) is 23.2 Å². The zero-order valence-corrected chi connectivity index (χ0v) is 15.9. The van der Waals surface area contributed by atoms with Gasteiger partial charge in [0.25, 0.3) is 0 Å². The van der Waals surface area contributed by atoms with Gasteiger partial charge in [0.15, 0.2) is 5.13 Å². The summed E-state index contributed by atoms with van der Waals surface area (Å²) in [5.41, 5.74) is 0.483. The van der Waals surface area contributed by atoms with Crippen molar-refractivity contribution in [3.8, 4) is 0 Å². The van der Waals surface area contributed by atoms with Crippen molar-refractivity contribution < 1.29 is 14.7 Å². The number of aliphatic carboxylic acids is 1. The highest BCUT2D eigenvalue weighted by Crippen LogP contribution is 2.16. The minimum absolute atomic E-state index is 0.0462. The number of carbonyl (C=O) groups excluding carboxylic acids is 1. The quantitative estimate of drug-likeness (QED) is 0.351. The van der Waals surface area contributed by atoms with E-state index in [1.807, 2.05) is 0 Å². The molecule has 1 heterocycles. The van der Waals surface area contributed by atoms with Crippen molar-refractivity contribution in [3.63, 3.8) is 0 Å². The molecule has 0 unspecified atom stereocenters. The number of amides is 1. The van der Waals surface area contributed by atoms with Crippen molar-refractivity contribution in [1.29, 1.82) is 0 Å². The molecule has 1 amide bonds. The van der Waals surface area contributed by atoms with Gasteiger partial charge in [-0.1, -0.05) is 51.2 Å². The molecular formula is C19H30N2O3S. The predicted octanol–water partition coefficient (Wildman–Crippen LogP) is 5.19. The number of aromatic nitrogens is 1. The Kier molecular flexibility index (Phi) is 11.6. The molecule has 6 heteroatoms. The Bertz CT molecular complexity index is 541. The predicted molar refractivity (Wildman–Crippen MR) is 103 cm³/mol. The number of carbonyl (C=O) groups is 2. The van der Waals surface area contributed by atoms with Crippen LogP contribution in [0.5, 0.6) is 0 Å². The second kappa shape index (κ2) is 13.6. The first-order chi connectivity index (χ1) is 12.1. The van der Waals surface area contributed by atoms with E-state index in [1.54, 1.807) is 5.38 Å². The lowest BCUT2D eigenvalue weighted by molar-refractivity contribution is -0.136. The van der Waals surface area contributed by atoms with E-state index in [4.69, 9.17) is 5.11 Å². The summed E-state index contributed by atoms with van der Waals surface area (Å²) < 4.78 is 0. The highest BCUT2D eigenvalue weighted by Gasteiger charge is 2.08. The highest BCUT2D eigenvalue weighted by atomic mass is 32.1. The van der Waals surface area contributed by atoms with Crippen molar-refractivity contribution in [2.24, 2.45) is 0 Å². The van der Waals surface area contributed by atoms with E-state index in [0.717, 1.165) is 25.7 Å². The average molecular weight is 367 g/mol. The Labute approximate surface area is 154 Å². The van der Waals surface area contributed by atoms with Crippen LogP contribution >= 0.6 is 11.3 Å². The van der Waals surface area contributed by atoms with Gasteiger partial charge >= 0.3 is 5.97 Å². The van der Waals surface area contributed by atoms with E-state index >= 15 is 0 Å². The molecule has 2 N–H and O–H groups in total. The van der Waals surface area contributed by atoms with Gasteiger partial charge in [-0.3, -0.25) is 9.59 Å². The van der Waals surface area contributed by atoms with Crippen LogP contribution in [0.25, 0.3) is 0 Å². The summed E-state index contributed by atoms with van der Waals surface area (Å²) in [6, 6.07) is 0. The fourth-order valence-electron chi connectivity index (χ4n) is 2.42. The molecule has 0 aliphatic heterocycles. The first-order valence-electron chi connectivity index (χ1n) is 9.23. The minimum Gasteiger partial charge on any atom is -0.481 e. The minimum atomic E-state index is -0.917. The Balaban J connectivity index is 2.01. The van der Waals surface area contributed by atoms with E-state index in [9.17, 15) is 9.59 Å². The van der Waals surface area contributed by atoms with Crippen molar-refractivity contribution in [2.45, 2.75) is 77.6 Å². The van der Waals surface area contributed by atoms with Gasteiger partial charge < -0.3 is 10.4 Å². The van der Waals surface area contributed by atoms with Gasteiger partial charge in [0.05, 0.1) is 12.1 Å². The molecule has 0 saturated heterocycles. The number of hydrogen-bond acceptors (Lipinski definition) is 4. The van der Waals surface area contributed by atoms with E-state index in [0.29, 0.717) is 17.2 Å². The van der Waals surface area contributed by atoms with Gasteiger partial charge in [-0.2, -0.15) is 0 Å². The van der Waals surface area contributed by atoms with E-state index in [-0.39, 0.29) is 12.3 Å². The highest BCUT2D eigenvalue weighted by molar-refractivity contribution is 7.13. The monoisotopic (exact) mass is 366 g/mol. The lowest BCUT2D eigenvalue weighted by atomic mass is 10.1. The number of carboxylic acid groups (broad SMARTS) is 1. The molecule has 25 heavy (non-hydrogen) atoms. The summed E-state index contributed by atoms with van der Waals surface area (Å²) in [6.45, 7) is 2.21. The molecule has 0 aliphatic carbocycles. The fraction of sp³-hybridized carbons (Fsp3) is 0.632. The fourth-order valence-corrected chi connectivity index (χ4v) is 3.14. The van der Waals surface area contributed by atoms with E-state index in [1.165, 1.54) is 43.4 Å². The zero-order valence-electron chi connectivity index (χ0n) is 15.1. The molecule has 0 aromatic carbocycles. The molecule has 1 aromatic rings. The number of thiazole rings is 1. The van der Waals surface area contributed by atoms with Crippen molar-refractivity contribution in [1.82, 2.24) is 4.98 Å². The molecule has 140 valence electrons. The van der Waals surface area contributed by atoms with Gasteiger partial charge in [-0.15, -0.1) is 11.3 Å². The topological polar surface area (TPSA) is 79.3 Å². The van der Waals surface area contributed by atoms with Gasteiger partial charge in [-0.05, 0) is 25.7 Å². The molecular weight excluding hydrogens is 336 g/mol. The first kappa shape index (κ1) is 21.4. The number of anilines is 1. The Morgan fingerprint density at radius 1 is 1.12 bits per heavy atom. The number of allylic oxidation sites excluding steroid dienone is 2. The summed E-state index contributed by atoms with van der Waals surface area (Å²) in [5, 5.41) is 13.6. The summed E-state index contributed by atoms with van der Waals surface area (Å²) in [6.07, 6.45) is 15.4. The number of hydrogen-bond donors (Lipinski definition) is 2. The van der Waals surface area contributed by atoms with Crippen LogP contribution in [0.1, 0.15) is 76.8 Å². The van der Waals surface area contributed by atoms with Crippen LogP contribution in [0.2, 0.25) is 0 Å². The first-order valence-corrected chi connectivity index (χ1v) is 10.1. The van der Waals surface area contributed by atoms with Gasteiger partial charge in [0.1, 0.15) is 0 Å². The van der Waals surface area contributed by atoms with Crippen LogP contribution in [-0.4, -0.2) is 22.0 Å². The Morgan fingerprint density at radius 2 is 1.80 bits per heavy atom. The largest absolute Gasteiger partial charge is 0.481 e. The third kappa shape index (κ3) is 11.5. The van der Waals surface area contributed by atoms with Crippen LogP contribution in [0.3, 0.4) is 0 Å². The van der Waals surface area contributed by atoms with Crippen LogP contribution in [0.4, 0.5) is 5.13 Å². The van der Waals surface area contributed by atoms with Crippen LogP contribution in [0, 0.1) is 0 Å². The second-order valence-electron chi connectivity index (χ2n) is 6.18. The van der Waals surface area contributed by atoms with Crippen LogP contribution in [-0.2, 0) is 16.0 Å². The molecule has 1 rings (SSSR count). The molecule has 1 aromatic heterocycles. The summed E-state index contributed by atoms with van der Waals surface area (Å²) >= 11 is 1.27. The molecule has 5 nitrogen and oxygen atoms in total. The lowest BCUT2D eigenvalue weighted by Crippen LogP contribution is -2.11. The van der Waals surface area contributed by atoms with Crippen molar-refractivity contribution >= 4 is 28.3 Å². The summed E-state index contributed by atoms with van der Waals surface area (Å²) in [7, 11) is 0. The number of carboxylic acids is 1. The number of nitrogens with one attached hydrogen (secondary N) is 1. The zero-order chi connectivity index (χ0) is 18.3. The van der Waals surface area contributed by atoms with Crippen LogP contribution < -0.4 is 5.32 Å². The number of nitrogens with zero attached hydrogens (tertiary/aromatic N) is 1. The average Bonchev–Trinajstić information content (AvgIpc) is 2.98. The maximum atomic E-state index is 11.8. The maximum Gasteiger partial charge on any atom is 0.309 e. The van der Waals surface area contributed by atoms with Crippen molar-refractivity contribution in [2.75, 3.05) is 5.32 Å². The lowest BCUT2D eigenvalue weighted by Gasteiger charge is -2.02. The van der Waals surface area contributed by atoms with Gasteiger partial charge in [0.2, 0.25) is 5.91 Å². The third-order valence-corrected chi connectivity index (χ3v) is 4.60. The molecule has 0 spiro atoms. The molecule has 0 saturated carbocycles.